The lowest BCUT2D eigenvalue weighted by atomic mass is 9.86. The van der Waals surface area contributed by atoms with Crippen molar-refractivity contribution < 1.29 is 13.9 Å². The third-order valence-corrected chi connectivity index (χ3v) is 7.07. The summed E-state index contributed by atoms with van der Waals surface area (Å²) in [6.45, 7) is 9.26. The Kier molecular flexibility index (Phi) is 5.10. The van der Waals surface area contributed by atoms with E-state index in [0.29, 0.717) is 29.9 Å². The monoisotopic (exact) mass is 458 g/mol. The summed E-state index contributed by atoms with van der Waals surface area (Å²) in [5.41, 5.74) is 4.43. The number of imidazole rings is 1. The van der Waals surface area contributed by atoms with Crippen LogP contribution in [0.15, 0.2) is 36.4 Å². The zero-order valence-electron chi connectivity index (χ0n) is 19.8. The van der Waals surface area contributed by atoms with Gasteiger partial charge in [-0.3, -0.25) is 4.79 Å². The van der Waals surface area contributed by atoms with Gasteiger partial charge in [0.2, 0.25) is 0 Å². The molecule has 34 heavy (non-hydrogen) atoms. The van der Waals surface area contributed by atoms with Crippen LogP contribution in [0.1, 0.15) is 51.1 Å². The Morgan fingerprint density at radius 3 is 2.41 bits per heavy atom. The molecule has 0 spiro atoms. The second-order valence-corrected chi connectivity index (χ2v) is 9.90. The molecule has 1 N–H and O–H groups in total. The van der Waals surface area contributed by atoms with Crippen LogP contribution in [0.3, 0.4) is 0 Å². The Hall–Kier alpha value is -3.50. The van der Waals surface area contributed by atoms with Crippen molar-refractivity contribution >= 4 is 5.91 Å². The summed E-state index contributed by atoms with van der Waals surface area (Å²) in [6, 6.07) is 12.4. The second-order valence-electron chi connectivity index (χ2n) is 9.90. The van der Waals surface area contributed by atoms with E-state index >= 15 is 4.39 Å². The number of nitrogens with one attached hydrogen (secondary N) is 1. The van der Waals surface area contributed by atoms with E-state index in [1.807, 2.05) is 39.0 Å². The summed E-state index contributed by atoms with van der Waals surface area (Å²) >= 11 is 0. The molecule has 2 aliphatic heterocycles. The first kappa shape index (κ1) is 22.3. The van der Waals surface area contributed by atoms with Gasteiger partial charge in [0.25, 0.3) is 5.91 Å². The zero-order chi connectivity index (χ0) is 24.3. The summed E-state index contributed by atoms with van der Waals surface area (Å²) < 4.78 is 20.8. The van der Waals surface area contributed by atoms with E-state index in [4.69, 9.17) is 15.0 Å². The van der Waals surface area contributed by atoms with E-state index in [-0.39, 0.29) is 24.4 Å². The lowest BCUT2D eigenvalue weighted by molar-refractivity contribution is -0.0539. The van der Waals surface area contributed by atoms with Gasteiger partial charge < -0.3 is 14.6 Å². The smallest absolute Gasteiger partial charge is 0.254 e. The number of halogens is 1. The Labute approximate surface area is 198 Å². The number of ether oxygens (including phenoxy) is 1. The van der Waals surface area contributed by atoms with Crippen LogP contribution in [-0.2, 0) is 15.8 Å². The minimum absolute atomic E-state index is 0.00796. The van der Waals surface area contributed by atoms with Gasteiger partial charge in [-0.05, 0) is 62.6 Å². The molecule has 174 valence electrons. The van der Waals surface area contributed by atoms with Crippen molar-refractivity contribution in [2.45, 2.75) is 38.8 Å². The normalized spacial score (nSPS) is 18.1. The highest BCUT2D eigenvalue weighted by Crippen LogP contribution is 2.38. The molecular formula is C27H27FN4O2. The molecule has 0 saturated carbocycles. The number of aromatic amines is 1. The third-order valence-electron chi connectivity index (χ3n) is 7.07. The van der Waals surface area contributed by atoms with E-state index in [9.17, 15) is 4.79 Å². The molecule has 7 heteroatoms. The number of amides is 1. The maximum Gasteiger partial charge on any atom is 0.254 e. The number of likely N-dealkylation sites (tertiary alicyclic amines) is 1. The van der Waals surface area contributed by atoms with Crippen LogP contribution < -0.4 is 0 Å². The van der Waals surface area contributed by atoms with Crippen LogP contribution in [0.4, 0.5) is 4.39 Å². The number of carbonyl (C=O) groups excluding carboxylic acids is 1. The van der Waals surface area contributed by atoms with Crippen LogP contribution in [-0.4, -0.2) is 47.1 Å². The number of nitriles is 1. The van der Waals surface area contributed by atoms with E-state index in [2.05, 4.69) is 11.9 Å². The lowest BCUT2D eigenvalue weighted by Crippen LogP contribution is -2.58. The number of nitrogens with zero attached hydrogens (tertiary/aromatic N) is 3. The highest BCUT2D eigenvalue weighted by Gasteiger charge is 2.47. The van der Waals surface area contributed by atoms with Crippen LogP contribution in [0.5, 0.6) is 0 Å². The van der Waals surface area contributed by atoms with Crippen LogP contribution in [0.2, 0.25) is 0 Å². The minimum Gasteiger partial charge on any atom is -0.379 e. The molecule has 0 unspecified atom stereocenters. The Balaban J connectivity index is 1.40. The molecule has 2 aliphatic rings. The number of alkyl halides is 1. The summed E-state index contributed by atoms with van der Waals surface area (Å²) in [4.78, 5) is 23.1. The standard InChI is InChI=1S/C27H27FN4O2/c1-16-9-17(2)22(10-21(16)23-18(3)30-25(31-23)26(4)14-34-15-26)24(33)32-12-27(28,13-32)20-7-5-19(11-29)6-8-20/h5-10H,12-15H2,1-4H3,(H,30,31). The molecular weight excluding hydrogens is 431 g/mol. The molecule has 1 amide bonds. The number of rotatable bonds is 4. The van der Waals surface area contributed by atoms with Crippen molar-refractivity contribution in [3.05, 3.63) is 75.7 Å². The second kappa shape index (κ2) is 7.78. The van der Waals surface area contributed by atoms with Crippen molar-refractivity contribution in [3.8, 4) is 17.3 Å². The van der Waals surface area contributed by atoms with Gasteiger partial charge in [0.05, 0.1) is 54.7 Å². The first-order valence-electron chi connectivity index (χ1n) is 11.4. The van der Waals surface area contributed by atoms with Crippen molar-refractivity contribution in [1.82, 2.24) is 14.9 Å². The van der Waals surface area contributed by atoms with Gasteiger partial charge in [-0.25, -0.2) is 9.37 Å². The van der Waals surface area contributed by atoms with Crippen molar-refractivity contribution in [2.75, 3.05) is 26.3 Å². The van der Waals surface area contributed by atoms with Crippen molar-refractivity contribution in [2.24, 2.45) is 0 Å². The Morgan fingerprint density at radius 2 is 1.82 bits per heavy atom. The SMILES string of the molecule is Cc1cc(C)c(-c2[nH]c(C3(C)COC3)nc2C)cc1C(=O)N1CC(F)(c2ccc(C#N)cc2)C1. The van der Waals surface area contributed by atoms with Gasteiger partial charge in [0, 0.05) is 11.1 Å². The number of benzene rings is 2. The summed E-state index contributed by atoms with van der Waals surface area (Å²) in [5.74, 6) is 0.712. The van der Waals surface area contributed by atoms with Crippen molar-refractivity contribution in [1.29, 1.82) is 5.26 Å². The average Bonchev–Trinajstić information content (AvgIpc) is 3.16. The fraction of sp³-hybridized carbons (Fsp3) is 0.370. The van der Waals surface area contributed by atoms with Crippen molar-refractivity contribution in [3.63, 3.8) is 0 Å². The van der Waals surface area contributed by atoms with E-state index in [1.165, 1.54) is 4.90 Å². The number of hydrogen-bond donors (Lipinski definition) is 1. The summed E-state index contributed by atoms with van der Waals surface area (Å²) in [6.07, 6.45) is 0. The van der Waals surface area contributed by atoms with E-state index in [0.717, 1.165) is 33.9 Å². The molecule has 2 fully saturated rings. The molecule has 0 aliphatic carbocycles. The first-order valence-corrected chi connectivity index (χ1v) is 11.4. The number of aromatic nitrogens is 2. The lowest BCUT2D eigenvalue weighted by Gasteiger charge is -2.45. The quantitative estimate of drug-likeness (QED) is 0.625. The van der Waals surface area contributed by atoms with Gasteiger partial charge in [0.15, 0.2) is 5.67 Å². The van der Waals surface area contributed by atoms with Crippen LogP contribution >= 0.6 is 0 Å². The molecule has 0 radical (unpaired) electrons. The molecule has 3 heterocycles. The molecule has 2 saturated heterocycles. The number of carbonyl (C=O) groups is 1. The fourth-order valence-electron chi connectivity index (χ4n) is 4.80. The first-order chi connectivity index (χ1) is 16.1. The molecule has 1 aromatic heterocycles. The number of H-pyrrole nitrogens is 1. The van der Waals surface area contributed by atoms with Crippen LogP contribution in [0, 0.1) is 32.1 Å². The number of hydrogen-bond acceptors (Lipinski definition) is 4. The summed E-state index contributed by atoms with van der Waals surface area (Å²) in [5, 5.41) is 8.96. The zero-order valence-corrected chi connectivity index (χ0v) is 19.8. The molecule has 6 nitrogen and oxygen atoms in total. The topological polar surface area (TPSA) is 82.0 Å². The van der Waals surface area contributed by atoms with Gasteiger partial charge in [0.1, 0.15) is 5.82 Å². The van der Waals surface area contributed by atoms with E-state index < -0.39 is 5.67 Å². The predicted molar refractivity (Wildman–Crippen MR) is 126 cm³/mol. The maximum absolute atomic E-state index is 15.4. The average molecular weight is 459 g/mol. The van der Waals surface area contributed by atoms with Crippen LogP contribution in [0.25, 0.3) is 11.3 Å². The van der Waals surface area contributed by atoms with Gasteiger partial charge >= 0.3 is 0 Å². The molecule has 2 aromatic carbocycles. The van der Waals surface area contributed by atoms with Gasteiger partial charge in [-0.2, -0.15) is 5.26 Å². The Morgan fingerprint density at radius 1 is 1.15 bits per heavy atom. The fourth-order valence-corrected chi connectivity index (χ4v) is 4.80. The van der Waals surface area contributed by atoms with Gasteiger partial charge in [-0.1, -0.05) is 18.2 Å². The van der Waals surface area contributed by atoms with Gasteiger partial charge in [-0.15, -0.1) is 0 Å². The molecule has 0 atom stereocenters. The predicted octanol–water partition coefficient (Wildman–Crippen LogP) is 4.48. The minimum atomic E-state index is -1.60. The Bertz CT molecular complexity index is 1330. The number of aryl methyl sites for hydroxylation is 3. The third kappa shape index (κ3) is 3.50. The largest absolute Gasteiger partial charge is 0.379 e. The molecule has 0 bridgehead atoms. The molecule has 3 aromatic rings. The highest BCUT2D eigenvalue weighted by atomic mass is 19.1. The molecule has 5 rings (SSSR count). The maximum atomic E-state index is 15.4. The summed E-state index contributed by atoms with van der Waals surface area (Å²) in [7, 11) is 0. The van der Waals surface area contributed by atoms with E-state index in [1.54, 1.807) is 24.3 Å². The highest BCUT2D eigenvalue weighted by molar-refractivity contribution is 5.98.